The van der Waals surface area contributed by atoms with E-state index in [1.54, 1.807) is 0 Å². The first-order valence-corrected chi connectivity index (χ1v) is 8.22. The van der Waals surface area contributed by atoms with Crippen LogP contribution in [0.5, 0.6) is 0 Å². The number of hydrogen-bond donors (Lipinski definition) is 2. The lowest BCUT2D eigenvalue weighted by Gasteiger charge is -2.21. The third-order valence-electron chi connectivity index (χ3n) is 4.48. The Morgan fingerprint density at radius 2 is 2.27 bits per heavy atom. The maximum Gasteiger partial charge on any atom is 0.0535 e. The predicted molar refractivity (Wildman–Crippen MR) is 91.5 cm³/mol. The molecular formula is C17H23ClN4. The van der Waals surface area contributed by atoms with Gasteiger partial charge < -0.3 is 10.2 Å². The Labute approximate surface area is 136 Å². The highest BCUT2D eigenvalue weighted by molar-refractivity contribution is 6.30. The molecule has 0 amide bonds. The monoisotopic (exact) mass is 318 g/mol. The van der Waals surface area contributed by atoms with Crippen molar-refractivity contribution in [2.75, 3.05) is 24.5 Å². The third-order valence-corrected chi connectivity index (χ3v) is 4.72. The average molecular weight is 319 g/mol. The highest BCUT2D eigenvalue weighted by Crippen LogP contribution is 2.29. The molecule has 118 valence electrons. The van der Waals surface area contributed by atoms with Gasteiger partial charge in [-0.05, 0) is 43.9 Å². The smallest absolute Gasteiger partial charge is 0.0535 e. The van der Waals surface area contributed by atoms with Crippen molar-refractivity contribution in [2.45, 2.75) is 26.8 Å². The predicted octanol–water partition coefficient (Wildman–Crippen LogP) is 3.30. The van der Waals surface area contributed by atoms with Crippen LogP contribution < -0.4 is 10.2 Å². The van der Waals surface area contributed by atoms with Crippen LogP contribution in [0.25, 0.3) is 0 Å². The second-order valence-electron chi connectivity index (χ2n) is 6.18. The molecule has 2 aromatic rings. The molecule has 0 aliphatic carbocycles. The molecule has 0 saturated carbocycles. The van der Waals surface area contributed by atoms with Crippen LogP contribution in [0.2, 0.25) is 5.02 Å². The molecule has 4 nitrogen and oxygen atoms in total. The summed E-state index contributed by atoms with van der Waals surface area (Å²) in [6.07, 6.45) is 3.13. The van der Waals surface area contributed by atoms with Crippen molar-refractivity contribution < 1.29 is 0 Å². The van der Waals surface area contributed by atoms with Gasteiger partial charge in [0.05, 0.1) is 6.20 Å². The lowest BCUT2D eigenvalue weighted by Crippen LogP contribution is -2.26. The number of aromatic amines is 1. The van der Waals surface area contributed by atoms with E-state index in [2.05, 4.69) is 46.4 Å². The number of nitrogens with one attached hydrogen (secondary N) is 2. The van der Waals surface area contributed by atoms with Gasteiger partial charge in [0.25, 0.3) is 0 Å². The van der Waals surface area contributed by atoms with Gasteiger partial charge in [0.2, 0.25) is 0 Å². The van der Waals surface area contributed by atoms with Crippen LogP contribution in [0.4, 0.5) is 5.69 Å². The van der Waals surface area contributed by atoms with Crippen LogP contribution in [0.1, 0.15) is 23.2 Å². The van der Waals surface area contributed by atoms with Gasteiger partial charge in [0, 0.05) is 48.1 Å². The molecule has 1 aliphatic rings. The Balaban J connectivity index is 1.52. The summed E-state index contributed by atoms with van der Waals surface area (Å²) in [5.41, 5.74) is 4.98. The molecule has 1 aromatic carbocycles. The van der Waals surface area contributed by atoms with Crippen molar-refractivity contribution in [3.05, 3.63) is 46.2 Å². The van der Waals surface area contributed by atoms with Crippen molar-refractivity contribution in [3.8, 4) is 0 Å². The van der Waals surface area contributed by atoms with Crippen molar-refractivity contribution >= 4 is 17.3 Å². The summed E-state index contributed by atoms with van der Waals surface area (Å²) < 4.78 is 0. The molecule has 0 spiro atoms. The molecule has 1 aromatic heterocycles. The second-order valence-corrected chi connectivity index (χ2v) is 6.62. The van der Waals surface area contributed by atoms with Crippen LogP contribution in [0.15, 0.2) is 24.4 Å². The highest BCUT2D eigenvalue weighted by Gasteiger charge is 2.23. The number of benzene rings is 1. The fraction of sp³-hybridized carbons (Fsp3) is 0.471. The summed E-state index contributed by atoms with van der Waals surface area (Å²) >= 11 is 6.14. The Morgan fingerprint density at radius 1 is 1.41 bits per heavy atom. The highest BCUT2D eigenvalue weighted by atomic mass is 35.5. The zero-order valence-electron chi connectivity index (χ0n) is 13.2. The summed E-state index contributed by atoms with van der Waals surface area (Å²) in [6.45, 7) is 8.34. The molecule has 0 radical (unpaired) electrons. The molecule has 3 rings (SSSR count). The average Bonchev–Trinajstić information content (AvgIpc) is 3.12. The second kappa shape index (κ2) is 6.71. The third kappa shape index (κ3) is 3.45. The van der Waals surface area contributed by atoms with E-state index >= 15 is 0 Å². The minimum absolute atomic E-state index is 0.686. The molecule has 1 atom stereocenters. The van der Waals surface area contributed by atoms with Gasteiger partial charge in [-0.2, -0.15) is 5.10 Å². The lowest BCUT2D eigenvalue weighted by atomic mass is 10.1. The van der Waals surface area contributed by atoms with Gasteiger partial charge in [-0.25, -0.2) is 0 Å². The van der Waals surface area contributed by atoms with E-state index in [0.29, 0.717) is 5.92 Å². The number of halogens is 1. The first kappa shape index (κ1) is 15.4. The first-order valence-electron chi connectivity index (χ1n) is 7.84. The van der Waals surface area contributed by atoms with Gasteiger partial charge in [0.1, 0.15) is 0 Å². The maximum absolute atomic E-state index is 6.14. The molecule has 5 heteroatoms. The quantitative estimate of drug-likeness (QED) is 0.889. The number of rotatable bonds is 5. The SMILES string of the molecule is Cc1ccc(Cl)cc1N1CC[C@@H](CNCc2cn[nH]c2C)C1. The Morgan fingerprint density at radius 3 is 3.05 bits per heavy atom. The summed E-state index contributed by atoms with van der Waals surface area (Å²) in [5, 5.41) is 11.4. The van der Waals surface area contributed by atoms with E-state index in [0.717, 1.165) is 36.9 Å². The Hall–Kier alpha value is -1.52. The molecule has 1 saturated heterocycles. The van der Waals surface area contributed by atoms with Crippen LogP contribution in [-0.2, 0) is 6.54 Å². The minimum atomic E-state index is 0.686. The Kier molecular flexibility index (Phi) is 4.69. The number of aryl methyl sites for hydroxylation is 2. The van der Waals surface area contributed by atoms with E-state index in [-0.39, 0.29) is 0 Å². The van der Waals surface area contributed by atoms with Crippen molar-refractivity contribution in [1.29, 1.82) is 0 Å². The van der Waals surface area contributed by atoms with E-state index in [4.69, 9.17) is 11.6 Å². The topological polar surface area (TPSA) is 44.0 Å². The van der Waals surface area contributed by atoms with Gasteiger partial charge in [0.15, 0.2) is 0 Å². The fourth-order valence-corrected chi connectivity index (χ4v) is 3.27. The minimum Gasteiger partial charge on any atom is -0.371 e. The van der Waals surface area contributed by atoms with E-state index in [1.165, 1.54) is 23.2 Å². The van der Waals surface area contributed by atoms with Crippen molar-refractivity contribution in [2.24, 2.45) is 5.92 Å². The lowest BCUT2D eigenvalue weighted by molar-refractivity contribution is 0.516. The molecule has 2 N–H and O–H groups in total. The summed E-state index contributed by atoms with van der Waals surface area (Å²) in [7, 11) is 0. The normalized spacial score (nSPS) is 18.1. The molecule has 0 bridgehead atoms. The molecule has 1 aliphatic heterocycles. The Bertz CT molecular complexity index is 637. The van der Waals surface area contributed by atoms with Crippen LogP contribution in [0, 0.1) is 19.8 Å². The molecule has 2 heterocycles. The molecule has 1 fully saturated rings. The fourth-order valence-electron chi connectivity index (χ4n) is 3.11. The maximum atomic E-state index is 6.14. The first-order chi connectivity index (χ1) is 10.6. The number of hydrogen-bond acceptors (Lipinski definition) is 3. The van der Waals surface area contributed by atoms with Crippen LogP contribution in [0.3, 0.4) is 0 Å². The van der Waals surface area contributed by atoms with Crippen molar-refractivity contribution in [1.82, 2.24) is 15.5 Å². The number of nitrogens with zero attached hydrogens (tertiary/aromatic N) is 2. The molecular weight excluding hydrogens is 296 g/mol. The molecule has 0 unspecified atom stereocenters. The standard InChI is InChI=1S/C17H23ClN4/c1-12-3-4-16(18)7-17(12)22-6-5-14(11-22)8-19-9-15-10-20-21-13(15)2/h3-4,7,10,14,19H,5-6,8-9,11H2,1-2H3,(H,20,21)/t14-/m0/s1. The number of aromatic nitrogens is 2. The largest absolute Gasteiger partial charge is 0.371 e. The van der Waals surface area contributed by atoms with E-state index in [1.807, 2.05) is 12.3 Å². The zero-order valence-corrected chi connectivity index (χ0v) is 14.0. The number of H-pyrrole nitrogens is 1. The van der Waals surface area contributed by atoms with Gasteiger partial charge >= 0.3 is 0 Å². The summed E-state index contributed by atoms with van der Waals surface area (Å²) in [5.74, 6) is 0.686. The van der Waals surface area contributed by atoms with Crippen LogP contribution in [-0.4, -0.2) is 29.8 Å². The molecule has 22 heavy (non-hydrogen) atoms. The van der Waals surface area contributed by atoms with Crippen molar-refractivity contribution in [3.63, 3.8) is 0 Å². The summed E-state index contributed by atoms with van der Waals surface area (Å²) in [4.78, 5) is 2.46. The van der Waals surface area contributed by atoms with E-state index in [9.17, 15) is 0 Å². The van der Waals surface area contributed by atoms with Gasteiger partial charge in [-0.3, -0.25) is 5.10 Å². The van der Waals surface area contributed by atoms with Crippen LogP contribution >= 0.6 is 11.6 Å². The summed E-state index contributed by atoms with van der Waals surface area (Å²) in [6, 6.07) is 6.15. The van der Waals surface area contributed by atoms with Gasteiger partial charge in [-0.15, -0.1) is 0 Å². The zero-order chi connectivity index (χ0) is 15.5. The van der Waals surface area contributed by atoms with Gasteiger partial charge in [-0.1, -0.05) is 17.7 Å². The van der Waals surface area contributed by atoms with E-state index < -0.39 is 0 Å². The number of anilines is 1.